The Morgan fingerprint density at radius 2 is 0.909 bits per heavy atom. The fourth-order valence-electron chi connectivity index (χ4n) is 13.9. The summed E-state index contributed by atoms with van der Waals surface area (Å²) in [5.74, 6) is -1.17. The van der Waals surface area contributed by atoms with E-state index >= 15 is 0 Å². The maximum Gasteiger partial charge on any atom is 0.340 e. The van der Waals surface area contributed by atoms with Gasteiger partial charge < -0.3 is 44.9 Å². The number of para-hydroxylation sites is 5. The number of hydrogen-bond acceptors (Lipinski definition) is 15. The predicted octanol–water partition coefficient (Wildman–Crippen LogP) is 19.0. The van der Waals surface area contributed by atoms with Crippen LogP contribution in [0.2, 0.25) is 0 Å². The number of hydrogen-bond donors (Lipinski definition) is 4. The number of benzene rings is 10. The zero-order valence-corrected chi connectivity index (χ0v) is 66.4. The van der Waals surface area contributed by atoms with E-state index in [2.05, 4.69) is 158 Å². The molecule has 0 aliphatic carbocycles. The number of pyridine rings is 4. The number of fused-ring (bicyclic) bond motifs is 10. The molecule has 568 valence electrons. The van der Waals surface area contributed by atoms with Gasteiger partial charge in [-0.3, -0.25) is 9.59 Å². The first kappa shape index (κ1) is 82.9. The first-order valence-corrected chi connectivity index (χ1v) is 36.9. The number of likely N-dealkylation sites (N-methyl/N-ethyl adjacent to an activating group) is 2. The molecule has 19 heteroatoms. The molecule has 1 aliphatic rings. The lowest BCUT2D eigenvalue weighted by Gasteiger charge is -2.24. The molecule has 110 heavy (non-hydrogen) atoms. The number of carbonyl (C=O) groups is 4. The molecule has 0 saturated carbocycles. The predicted molar refractivity (Wildman–Crippen MR) is 455 cm³/mol. The SMILES string of the molecule is CCN(CC)CCNC(=O)c1ccc(C)c2cc3ccccc3nc12.CCN(CC)CCNC(C)c1ccc(C)c2cc3ccccc3nc12.COC(=O)c1ccc(C)c2c(=O)c3ccccc3[nH]c12.COC(=O)c1ccc(C)c2c1Nc1ccccc1C2.COC(=O)c1ccc(C)c2cc3ccccc3nc12.Cl.Cl. The first-order chi connectivity index (χ1) is 52.3. The van der Waals surface area contributed by atoms with E-state index in [4.69, 9.17) is 24.2 Å². The maximum atomic E-state index is 12.7. The highest BCUT2D eigenvalue weighted by atomic mass is 35.5. The average molecular weight is 1520 g/mol. The zero-order chi connectivity index (χ0) is 76.7. The Hall–Kier alpha value is -11.2. The summed E-state index contributed by atoms with van der Waals surface area (Å²) in [6, 6.07) is 65.7. The van der Waals surface area contributed by atoms with Crippen molar-refractivity contribution in [2.75, 3.05) is 79.0 Å². The van der Waals surface area contributed by atoms with E-state index < -0.39 is 5.97 Å². The fraction of sp³-hybridized carbons (Fsp3) is 0.253. The molecule has 0 saturated heterocycles. The lowest BCUT2D eigenvalue weighted by Crippen LogP contribution is -2.34. The van der Waals surface area contributed by atoms with Crippen LogP contribution in [0.25, 0.3) is 87.2 Å². The van der Waals surface area contributed by atoms with Crippen LogP contribution in [0.15, 0.2) is 205 Å². The Bertz CT molecular complexity index is 5740. The Balaban J connectivity index is 0.000000158. The van der Waals surface area contributed by atoms with E-state index in [9.17, 15) is 24.0 Å². The third-order valence-corrected chi connectivity index (χ3v) is 20.3. The van der Waals surface area contributed by atoms with Crippen molar-refractivity contribution in [3.8, 4) is 0 Å². The van der Waals surface area contributed by atoms with Crippen LogP contribution in [0.5, 0.6) is 0 Å². The monoisotopic (exact) mass is 1510 g/mol. The molecule has 0 fully saturated rings. The summed E-state index contributed by atoms with van der Waals surface area (Å²) in [5, 5.41) is 17.9. The van der Waals surface area contributed by atoms with Gasteiger partial charge in [-0.1, -0.05) is 149 Å². The molecule has 17 nitrogen and oxygen atoms in total. The highest BCUT2D eigenvalue weighted by Crippen LogP contribution is 2.38. The van der Waals surface area contributed by atoms with Crippen LogP contribution < -0.4 is 21.4 Å². The molecular weight excluding hydrogens is 1420 g/mol. The minimum absolute atomic E-state index is 0. The van der Waals surface area contributed by atoms with Crippen molar-refractivity contribution in [1.82, 2.24) is 40.4 Å². The number of nitrogens with one attached hydrogen (secondary N) is 4. The van der Waals surface area contributed by atoms with Gasteiger partial charge >= 0.3 is 17.9 Å². The summed E-state index contributed by atoms with van der Waals surface area (Å²) in [5.41, 5.74) is 19.9. The van der Waals surface area contributed by atoms with Crippen molar-refractivity contribution in [2.24, 2.45) is 0 Å². The largest absolute Gasteiger partial charge is 0.465 e. The van der Waals surface area contributed by atoms with Gasteiger partial charge in [0.25, 0.3) is 5.91 Å². The van der Waals surface area contributed by atoms with Crippen LogP contribution in [-0.4, -0.2) is 127 Å². The molecule has 4 N–H and O–H groups in total. The number of anilines is 2. The van der Waals surface area contributed by atoms with E-state index in [0.717, 1.165) is 129 Å². The van der Waals surface area contributed by atoms with Gasteiger partial charge in [0.15, 0.2) is 5.43 Å². The van der Waals surface area contributed by atoms with Crippen molar-refractivity contribution in [3.63, 3.8) is 0 Å². The Labute approximate surface area is 655 Å². The summed E-state index contributed by atoms with van der Waals surface area (Å²) in [6.07, 6.45) is 0.842. The van der Waals surface area contributed by atoms with Crippen LogP contribution in [0.3, 0.4) is 0 Å². The molecule has 1 unspecified atom stereocenters. The van der Waals surface area contributed by atoms with E-state index in [1.165, 1.54) is 59.9 Å². The average Bonchev–Trinajstić information content (AvgIpc) is 0.918. The molecule has 1 atom stereocenters. The third kappa shape index (κ3) is 18.6. The van der Waals surface area contributed by atoms with Gasteiger partial charge in [0.05, 0.1) is 87.9 Å². The van der Waals surface area contributed by atoms with Crippen LogP contribution in [0.1, 0.15) is 127 Å². The smallest absolute Gasteiger partial charge is 0.340 e. The van der Waals surface area contributed by atoms with Crippen LogP contribution in [0.4, 0.5) is 11.4 Å². The molecule has 1 aliphatic heterocycles. The number of nitrogens with zero attached hydrogens (tertiary/aromatic N) is 5. The van der Waals surface area contributed by atoms with Crippen molar-refractivity contribution < 1.29 is 33.4 Å². The number of amides is 1. The van der Waals surface area contributed by atoms with E-state index in [-0.39, 0.29) is 54.1 Å². The molecule has 0 bridgehead atoms. The molecule has 10 aromatic carbocycles. The number of halogens is 2. The second-order valence-electron chi connectivity index (χ2n) is 26.9. The Morgan fingerprint density at radius 1 is 0.473 bits per heavy atom. The number of aryl methyl sites for hydroxylation is 5. The van der Waals surface area contributed by atoms with E-state index in [1.807, 2.05) is 123 Å². The summed E-state index contributed by atoms with van der Waals surface area (Å²) < 4.78 is 14.4. The van der Waals surface area contributed by atoms with Crippen LogP contribution >= 0.6 is 24.8 Å². The molecule has 1 amide bonds. The standard InChI is InChI=1S/C22H29N3.C21H25N3O.C16H13NO3.C16H15NO2.C16H13NO2.2ClH/c1-5-25(6-2)14-13-23-17(4)19-12-11-16(3)20-15-18-9-7-8-10-21(18)24-22(19)20;1-4-24(5-2)13-12-22-21(25)17-11-10-15(3)18-14-16-8-6-7-9-19(16)23-20(17)18;1-9-7-8-11(16(19)20-2)14-13(9)15(18)10-5-3-4-6-12(10)17-14;2*1-10-7-8-12(16(18)19-2)15-13(10)9-11-5-3-4-6-14(11)17-15;;/h7-12,15,17,23H,5-6,13-14H2,1-4H3;6-11,14H,4-5,12-13H2,1-3H3,(H,22,25);3-8H,1-2H3,(H,17,18);3-8,17H,9H2,1-2H3;3-9H,1-2H3;2*1H. The van der Waals surface area contributed by atoms with Gasteiger partial charge in [-0.15, -0.1) is 24.8 Å². The van der Waals surface area contributed by atoms with E-state index in [1.54, 1.807) is 24.3 Å². The molecule has 5 heterocycles. The fourth-order valence-corrected chi connectivity index (χ4v) is 13.9. The minimum Gasteiger partial charge on any atom is -0.465 e. The molecule has 0 radical (unpaired) electrons. The number of ether oxygens (including phenoxy) is 3. The molecule has 0 spiro atoms. The number of esters is 3. The number of aromatic nitrogens is 4. The zero-order valence-electron chi connectivity index (χ0n) is 64.8. The van der Waals surface area contributed by atoms with Crippen LogP contribution in [-0.2, 0) is 20.6 Å². The lowest BCUT2D eigenvalue weighted by atomic mass is 9.91. The minimum atomic E-state index is -0.457. The first-order valence-electron chi connectivity index (χ1n) is 36.9. The number of methoxy groups -OCH3 is 3. The van der Waals surface area contributed by atoms with Crippen molar-refractivity contribution in [2.45, 2.75) is 81.7 Å². The number of aromatic amines is 1. The highest BCUT2D eigenvalue weighted by molar-refractivity contribution is 6.10. The summed E-state index contributed by atoms with van der Waals surface area (Å²) in [4.78, 5) is 83.1. The van der Waals surface area contributed by atoms with Gasteiger partial charge in [-0.2, -0.15) is 0 Å². The third-order valence-electron chi connectivity index (χ3n) is 20.3. The Morgan fingerprint density at radius 3 is 1.48 bits per heavy atom. The number of rotatable bonds is 16. The maximum absolute atomic E-state index is 12.7. The highest BCUT2D eigenvalue weighted by Gasteiger charge is 2.24. The lowest BCUT2D eigenvalue weighted by molar-refractivity contribution is 0.0593. The quantitative estimate of drug-likeness (QED) is 0.0403. The topological polar surface area (TPSA) is 210 Å². The number of H-pyrrole nitrogens is 1. The molecular formula is C91H97Cl2N9O8. The van der Waals surface area contributed by atoms with Gasteiger partial charge in [0.2, 0.25) is 0 Å². The second kappa shape index (κ2) is 38.3. The van der Waals surface area contributed by atoms with Crippen molar-refractivity contribution >= 4 is 147 Å². The summed E-state index contributed by atoms with van der Waals surface area (Å²) >= 11 is 0. The number of carbonyl (C=O) groups excluding carboxylic acids is 4. The van der Waals surface area contributed by atoms with Crippen LogP contribution in [0, 0.1) is 34.6 Å². The molecule has 14 aromatic rings. The Kier molecular flexibility index (Phi) is 28.8. The van der Waals surface area contributed by atoms with Crippen molar-refractivity contribution in [3.05, 3.63) is 277 Å². The van der Waals surface area contributed by atoms with Gasteiger partial charge in [-0.05, 0) is 191 Å². The van der Waals surface area contributed by atoms with Gasteiger partial charge in [-0.25, -0.2) is 29.3 Å². The van der Waals surface area contributed by atoms with Gasteiger partial charge in [0.1, 0.15) is 0 Å². The van der Waals surface area contributed by atoms with Gasteiger partial charge in [0, 0.05) is 92.9 Å². The van der Waals surface area contributed by atoms with E-state index in [0.29, 0.717) is 56.1 Å². The van der Waals surface area contributed by atoms with Crippen molar-refractivity contribution in [1.29, 1.82) is 0 Å². The molecule has 15 rings (SSSR count). The second-order valence-corrected chi connectivity index (χ2v) is 26.9. The normalized spacial score (nSPS) is 11.5. The summed E-state index contributed by atoms with van der Waals surface area (Å²) in [7, 11) is 4.12. The molecule has 4 aromatic heterocycles. The summed E-state index contributed by atoms with van der Waals surface area (Å²) in [6.45, 7) is 28.9.